The number of pyridine rings is 1. The van der Waals surface area contributed by atoms with Crippen LogP contribution >= 0.6 is 0 Å². The van der Waals surface area contributed by atoms with Crippen LogP contribution in [0.25, 0.3) is 0 Å². The Labute approximate surface area is 127 Å². The lowest BCUT2D eigenvalue weighted by molar-refractivity contribution is 0.102. The topological polar surface area (TPSA) is 92.7 Å². The first kappa shape index (κ1) is 14.5. The highest BCUT2D eigenvalue weighted by atomic mass is 16.2. The molecule has 116 valence electrons. The number of rotatable bonds is 3. The van der Waals surface area contributed by atoms with Crippen molar-refractivity contribution in [2.24, 2.45) is 0 Å². The van der Waals surface area contributed by atoms with Crippen LogP contribution in [0.1, 0.15) is 54.2 Å². The molecule has 1 aliphatic carbocycles. The number of hydrogen-bond acceptors (Lipinski definition) is 4. The number of nitrogens with one attached hydrogen (secondary N) is 2. The maximum Gasteiger partial charge on any atom is 0.258 e. The Morgan fingerprint density at radius 1 is 1.32 bits per heavy atom. The summed E-state index contributed by atoms with van der Waals surface area (Å²) < 4.78 is 1.83. The van der Waals surface area contributed by atoms with E-state index in [1.54, 1.807) is 19.3 Å². The molecule has 0 aliphatic heterocycles. The molecule has 0 aromatic carbocycles. The number of aromatic amines is 1. The molecule has 0 spiro atoms. The largest absolute Gasteiger partial charge is 0.326 e. The van der Waals surface area contributed by atoms with Gasteiger partial charge in [-0.15, -0.1) is 5.10 Å². The first-order chi connectivity index (χ1) is 10.6. The van der Waals surface area contributed by atoms with Gasteiger partial charge >= 0.3 is 0 Å². The predicted molar refractivity (Wildman–Crippen MR) is 81.9 cm³/mol. The van der Waals surface area contributed by atoms with Gasteiger partial charge in [-0.3, -0.25) is 14.9 Å². The van der Waals surface area contributed by atoms with Gasteiger partial charge in [-0.1, -0.05) is 19.3 Å². The van der Waals surface area contributed by atoms with Gasteiger partial charge in [0.05, 0.1) is 6.04 Å². The van der Waals surface area contributed by atoms with Crippen molar-refractivity contribution in [3.63, 3.8) is 0 Å². The standard InChI is InChI=1S/C15H19N5O2/c1-10-7-11(8-13(21)17-10)14(22)18-15-16-9-20(19-15)12-5-3-2-4-6-12/h7-9,12H,2-6H2,1H3,(H,17,21)(H,18,19,22). The summed E-state index contributed by atoms with van der Waals surface area (Å²) >= 11 is 0. The summed E-state index contributed by atoms with van der Waals surface area (Å²) in [4.78, 5) is 30.3. The Bertz CT molecular complexity index is 728. The normalized spacial score (nSPS) is 15.7. The van der Waals surface area contributed by atoms with Gasteiger partial charge < -0.3 is 4.98 Å². The molecule has 2 N–H and O–H groups in total. The van der Waals surface area contributed by atoms with Crippen LogP contribution in [0.15, 0.2) is 23.3 Å². The summed E-state index contributed by atoms with van der Waals surface area (Å²) in [7, 11) is 0. The molecule has 1 fully saturated rings. The van der Waals surface area contributed by atoms with E-state index in [1.807, 2.05) is 4.68 Å². The van der Waals surface area contributed by atoms with Crippen molar-refractivity contribution < 1.29 is 4.79 Å². The lowest BCUT2D eigenvalue weighted by Gasteiger charge is -2.21. The number of hydrogen-bond donors (Lipinski definition) is 2. The Hall–Kier alpha value is -2.44. The zero-order chi connectivity index (χ0) is 15.5. The van der Waals surface area contributed by atoms with E-state index in [2.05, 4.69) is 20.4 Å². The van der Waals surface area contributed by atoms with Gasteiger partial charge in [0.25, 0.3) is 5.91 Å². The third-order valence-corrected chi connectivity index (χ3v) is 3.92. The second-order valence-electron chi connectivity index (χ2n) is 5.71. The minimum Gasteiger partial charge on any atom is -0.326 e. The molecule has 0 bridgehead atoms. The van der Waals surface area contributed by atoms with Crippen LogP contribution in [-0.2, 0) is 0 Å². The van der Waals surface area contributed by atoms with E-state index in [1.165, 1.54) is 25.3 Å². The highest BCUT2D eigenvalue weighted by molar-refractivity contribution is 6.03. The number of anilines is 1. The fourth-order valence-electron chi connectivity index (χ4n) is 2.84. The summed E-state index contributed by atoms with van der Waals surface area (Å²) in [6.07, 6.45) is 7.55. The summed E-state index contributed by atoms with van der Waals surface area (Å²) in [6, 6.07) is 3.25. The van der Waals surface area contributed by atoms with Gasteiger partial charge in [-0.2, -0.15) is 0 Å². The summed E-state index contributed by atoms with van der Waals surface area (Å²) in [5.74, 6) is -0.107. The molecule has 1 saturated carbocycles. The third kappa shape index (κ3) is 3.24. The molecule has 3 rings (SSSR count). The van der Waals surface area contributed by atoms with Crippen molar-refractivity contribution >= 4 is 11.9 Å². The van der Waals surface area contributed by atoms with Gasteiger partial charge in [-0.05, 0) is 25.8 Å². The van der Waals surface area contributed by atoms with Crippen LogP contribution in [0, 0.1) is 6.92 Å². The lowest BCUT2D eigenvalue weighted by Crippen LogP contribution is -2.18. The summed E-state index contributed by atoms with van der Waals surface area (Å²) in [6.45, 7) is 1.73. The van der Waals surface area contributed by atoms with Gasteiger partial charge in [-0.25, -0.2) is 9.67 Å². The van der Waals surface area contributed by atoms with Crippen molar-refractivity contribution in [2.75, 3.05) is 5.32 Å². The molecule has 2 aromatic heterocycles. The van der Waals surface area contributed by atoms with Gasteiger partial charge in [0.2, 0.25) is 11.5 Å². The van der Waals surface area contributed by atoms with Crippen LogP contribution in [0.2, 0.25) is 0 Å². The molecule has 2 aromatic rings. The number of H-pyrrole nitrogens is 1. The molecular weight excluding hydrogens is 282 g/mol. The average Bonchev–Trinajstić information content (AvgIpc) is 2.95. The van der Waals surface area contributed by atoms with Crippen LogP contribution < -0.4 is 10.9 Å². The molecule has 0 unspecified atom stereocenters. The lowest BCUT2D eigenvalue weighted by atomic mass is 9.96. The van der Waals surface area contributed by atoms with Crippen molar-refractivity contribution in [3.05, 3.63) is 40.1 Å². The van der Waals surface area contributed by atoms with Gasteiger partial charge in [0, 0.05) is 17.3 Å². The van der Waals surface area contributed by atoms with Crippen LogP contribution in [0.3, 0.4) is 0 Å². The number of aryl methyl sites for hydroxylation is 1. The number of amides is 1. The van der Waals surface area contributed by atoms with E-state index in [9.17, 15) is 9.59 Å². The first-order valence-corrected chi connectivity index (χ1v) is 7.55. The number of nitrogens with zero attached hydrogens (tertiary/aromatic N) is 3. The maximum absolute atomic E-state index is 12.2. The third-order valence-electron chi connectivity index (χ3n) is 3.92. The molecule has 2 heterocycles. The minimum absolute atomic E-state index is 0.272. The Balaban J connectivity index is 1.71. The van der Waals surface area contributed by atoms with E-state index in [-0.39, 0.29) is 17.4 Å². The highest BCUT2D eigenvalue weighted by Crippen LogP contribution is 2.27. The van der Waals surface area contributed by atoms with Crippen LogP contribution in [0.4, 0.5) is 5.95 Å². The number of carbonyl (C=O) groups is 1. The smallest absolute Gasteiger partial charge is 0.258 e. The Kier molecular flexibility index (Phi) is 4.04. The molecule has 0 radical (unpaired) electrons. The molecule has 1 aliphatic rings. The van der Waals surface area contributed by atoms with Crippen molar-refractivity contribution in [1.82, 2.24) is 19.7 Å². The number of aromatic nitrogens is 4. The van der Waals surface area contributed by atoms with Crippen LogP contribution in [-0.4, -0.2) is 25.7 Å². The van der Waals surface area contributed by atoms with E-state index in [0.29, 0.717) is 17.3 Å². The van der Waals surface area contributed by atoms with Gasteiger partial charge in [0.15, 0.2) is 0 Å². The first-order valence-electron chi connectivity index (χ1n) is 7.55. The quantitative estimate of drug-likeness (QED) is 0.907. The molecule has 7 heteroatoms. The molecular formula is C15H19N5O2. The maximum atomic E-state index is 12.2. The average molecular weight is 301 g/mol. The molecule has 7 nitrogen and oxygen atoms in total. The summed E-state index contributed by atoms with van der Waals surface area (Å²) in [5.41, 5.74) is 0.638. The Morgan fingerprint density at radius 2 is 2.09 bits per heavy atom. The fraction of sp³-hybridized carbons (Fsp3) is 0.467. The molecule has 22 heavy (non-hydrogen) atoms. The second kappa shape index (κ2) is 6.13. The zero-order valence-electron chi connectivity index (χ0n) is 12.5. The SMILES string of the molecule is Cc1cc(C(=O)Nc2ncn(C3CCCCC3)n2)cc(=O)[nH]1. The van der Waals surface area contributed by atoms with Crippen LogP contribution in [0.5, 0.6) is 0 Å². The molecule has 0 saturated heterocycles. The van der Waals surface area contributed by atoms with E-state index in [0.717, 1.165) is 12.8 Å². The highest BCUT2D eigenvalue weighted by Gasteiger charge is 2.17. The summed E-state index contributed by atoms with van der Waals surface area (Å²) in [5, 5.41) is 6.97. The van der Waals surface area contributed by atoms with E-state index >= 15 is 0 Å². The fourth-order valence-corrected chi connectivity index (χ4v) is 2.84. The van der Waals surface area contributed by atoms with Crippen molar-refractivity contribution in [2.45, 2.75) is 45.1 Å². The molecule has 1 amide bonds. The van der Waals surface area contributed by atoms with E-state index < -0.39 is 0 Å². The van der Waals surface area contributed by atoms with Gasteiger partial charge in [0.1, 0.15) is 6.33 Å². The number of carbonyl (C=O) groups excluding carboxylic acids is 1. The monoisotopic (exact) mass is 301 g/mol. The van der Waals surface area contributed by atoms with Crippen molar-refractivity contribution in [3.8, 4) is 0 Å². The van der Waals surface area contributed by atoms with E-state index in [4.69, 9.17) is 0 Å². The molecule has 0 atom stereocenters. The predicted octanol–water partition coefficient (Wildman–Crippen LogP) is 2.03. The minimum atomic E-state index is -0.379. The Morgan fingerprint density at radius 3 is 2.82 bits per heavy atom. The zero-order valence-corrected chi connectivity index (χ0v) is 12.5. The van der Waals surface area contributed by atoms with Crippen molar-refractivity contribution in [1.29, 1.82) is 0 Å². The second-order valence-corrected chi connectivity index (χ2v) is 5.71.